The third-order valence-electron chi connectivity index (χ3n) is 4.16. The summed E-state index contributed by atoms with van der Waals surface area (Å²) in [6.07, 6.45) is 18.2. The number of benzene rings is 3. The van der Waals surface area contributed by atoms with Crippen LogP contribution in [0.15, 0.2) is 91.0 Å². The quantitative estimate of drug-likeness (QED) is 0.183. The summed E-state index contributed by atoms with van der Waals surface area (Å²) in [6, 6.07) is 32.3. The summed E-state index contributed by atoms with van der Waals surface area (Å²) in [4.78, 5) is 0. The van der Waals surface area contributed by atoms with E-state index in [-0.39, 0.29) is 39.4 Å². The predicted octanol–water partition coefficient (Wildman–Crippen LogP) is 5.93. The van der Waals surface area contributed by atoms with Gasteiger partial charge in [0.05, 0.1) is 0 Å². The zero-order valence-electron chi connectivity index (χ0n) is 17.3. The molecule has 0 aromatic heterocycles. The molecule has 166 valence electrons. The van der Waals surface area contributed by atoms with Crippen LogP contribution in [0.2, 0.25) is 0 Å². The van der Waals surface area contributed by atoms with E-state index in [4.69, 9.17) is 11.6 Å². The fourth-order valence-corrected chi connectivity index (χ4v) is 5.25. The minimum Gasteiger partial charge on any atom is -0.454 e. The first kappa shape index (κ1) is 29.7. The molecule has 0 spiro atoms. The van der Waals surface area contributed by atoms with Gasteiger partial charge in [-0.15, -0.1) is 5.38 Å². The average Bonchev–Trinajstić information content (AvgIpc) is 3.54. The Hall–Kier alpha value is -0.360. The Balaban J connectivity index is 0.000000325. The summed E-state index contributed by atoms with van der Waals surface area (Å²) in [5.41, 5.74) is 0. The van der Waals surface area contributed by atoms with Crippen molar-refractivity contribution in [2.45, 2.75) is 0 Å². The normalized spacial score (nSPS) is 14.8. The molecule has 2 aliphatic carbocycles. The van der Waals surface area contributed by atoms with Crippen molar-refractivity contribution in [1.82, 2.24) is 0 Å². The van der Waals surface area contributed by atoms with Crippen molar-refractivity contribution in [3.8, 4) is 0 Å². The molecule has 0 unspecified atom stereocenters. The van der Waals surface area contributed by atoms with Crippen LogP contribution in [0, 0.1) is 63.2 Å². The van der Waals surface area contributed by atoms with Crippen LogP contribution in [0.5, 0.6) is 0 Å². The van der Waals surface area contributed by atoms with Gasteiger partial charge in [-0.05, 0) is 62.4 Å². The minimum absolute atomic E-state index is 0. The maximum atomic E-state index is 5.40. The van der Waals surface area contributed by atoms with Crippen LogP contribution in [0.4, 0.5) is 0 Å². The summed E-state index contributed by atoms with van der Waals surface area (Å²) in [6.45, 7) is 0. The van der Waals surface area contributed by atoms with Gasteiger partial charge in [0.15, 0.2) is 0 Å². The van der Waals surface area contributed by atoms with E-state index >= 15 is 0 Å². The van der Waals surface area contributed by atoms with Gasteiger partial charge in [-0.1, -0.05) is 97.4 Å². The van der Waals surface area contributed by atoms with Crippen LogP contribution in [0.3, 0.4) is 0 Å². The number of hydrogen-bond acceptors (Lipinski definition) is 0. The Kier molecular flexibility index (Phi) is 16.7. The monoisotopic (exact) mass is 678 g/mol. The van der Waals surface area contributed by atoms with Crippen molar-refractivity contribution in [3.05, 3.63) is 154 Å². The second-order valence-electron chi connectivity index (χ2n) is 6.32. The van der Waals surface area contributed by atoms with Gasteiger partial charge in [0.2, 0.25) is 0 Å². The molecule has 0 aliphatic heterocycles. The topological polar surface area (TPSA) is 0 Å². The van der Waals surface area contributed by atoms with Crippen molar-refractivity contribution in [2.24, 2.45) is 0 Å². The molecular weight excluding hydrogens is 656 g/mol. The van der Waals surface area contributed by atoms with Crippen LogP contribution in [-0.4, -0.2) is 0 Å². The fraction of sp³-hybridized carbons (Fsp3) is 0. The van der Waals surface area contributed by atoms with Crippen molar-refractivity contribution >= 4 is 35.4 Å². The maximum absolute atomic E-state index is 5.40. The number of rotatable bonds is 3. The van der Waals surface area contributed by atoms with E-state index in [0.29, 0.717) is 5.38 Å². The molecule has 0 heterocycles. The van der Waals surface area contributed by atoms with E-state index < -0.39 is 7.92 Å². The summed E-state index contributed by atoms with van der Waals surface area (Å²) in [5, 5.41) is 4.88. The molecule has 2 aliphatic rings. The predicted molar refractivity (Wildman–Crippen MR) is 132 cm³/mol. The summed E-state index contributed by atoms with van der Waals surface area (Å²) in [5.74, 6) is 0. The molecule has 5 rings (SSSR count). The van der Waals surface area contributed by atoms with E-state index in [9.17, 15) is 0 Å². The van der Waals surface area contributed by atoms with Gasteiger partial charge < -0.3 is 6.42 Å². The second-order valence-corrected chi connectivity index (χ2v) is 8.95. The molecular formula is C28H23AuClFeP. The first-order valence-electron chi connectivity index (χ1n) is 9.75. The van der Waals surface area contributed by atoms with Gasteiger partial charge in [0, 0.05) is 17.1 Å². The SMILES string of the molecule is Cl[C]1[C-][CH][CH][CH]1.[Au+].[CH]1[CH][CH][CH][CH]1.[Fe].c1ccc(P(c2ccccc2)c2ccccc2)cc1. The molecule has 0 bridgehead atoms. The zero-order valence-corrected chi connectivity index (χ0v) is 22.2. The van der Waals surface area contributed by atoms with Gasteiger partial charge in [-0.3, -0.25) is 0 Å². The van der Waals surface area contributed by atoms with Gasteiger partial charge >= 0.3 is 22.4 Å². The molecule has 3 aromatic rings. The maximum Gasteiger partial charge on any atom is 1.00 e. The molecule has 2 fully saturated rings. The van der Waals surface area contributed by atoms with E-state index in [1.165, 1.54) is 15.9 Å². The average molecular weight is 679 g/mol. The van der Waals surface area contributed by atoms with Gasteiger partial charge in [0.25, 0.3) is 0 Å². The van der Waals surface area contributed by atoms with E-state index in [1.807, 2.05) is 38.5 Å². The van der Waals surface area contributed by atoms with Gasteiger partial charge in [0.1, 0.15) is 0 Å². The summed E-state index contributed by atoms with van der Waals surface area (Å²) in [7, 11) is -0.446. The summed E-state index contributed by atoms with van der Waals surface area (Å²) >= 11 is 5.40. The zero-order chi connectivity index (χ0) is 20.9. The number of hydrogen-bond donors (Lipinski definition) is 0. The number of halogens is 1. The molecule has 0 atom stereocenters. The molecule has 0 N–H and O–H groups in total. The Morgan fingerprint density at radius 1 is 0.531 bits per heavy atom. The molecule has 4 heteroatoms. The van der Waals surface area contributed by atoms with Crippen LogP contribution >= 0.6 is 19.5 Å². The van der Waals surface area contributed by atoms with E-state index in [2.05, 4.69) is 97.4 Å². The molecule has 3 aromatic carbocycles. The third kappa shape index (κ3) is 10.7. The smallest absolute Gasteiger partial charge is 0.454 e. The third-order valence-corrected chi connectivity index (χ3v) is 6.84. The Morgan fingerprint density at radius 2 is 0.875 bits per heavy atom. The molecule has 0 nitrogen and oxygen atoms in total. The van der Waals surface area contributed by atoms with Gasteiger partial charge in [-0.25, -0.2) is 6.42 Å². The first-order chi connectivity index (χ1) is 14.8. The second kappa shape index (κ2) is 18.0. The fourth-order valence-electron chi connectivity index (χ4n) is 2.81. The van der Waals surface area contributed by atoms with Crippen LogP contribution < -0.4 is 15.9 Å². The van der Waals surface area contributed by atoms with Crippen molar-refractivity contribution < 1.29 is 39.4 Å². The molecule has 10 radical (unpaired) electrons. The Labute approximate surface area is 227 Å². The molecule has 0 saturated heterocycles. The van der Waals surface area contributed by atoms with E-state index in [0.717, 1.165) is 0 Å². The van der Waals surface area contributed by atoms with Crippen molar-refractivity contribution in [1.29, 1.82) is 0 Å². The Morgan fingerprint density at radius 3 is 1.09 bits per heavy atom. The largest absolute Gasteiger partial charge is 1.00 e. The van der Waals surface area contributed by atoms with E-state index in [1.54, 1.807) is 12.8 Å². The minimum atomic E-state index is -0.446. The standard InChI is InChI=1S/C18H15P.C5H3Cl.C5H5.Au.Fe/c1-4-10-16(11-5-1)19(17-12-6-2-7-13-17)18-14-8-3-9-15-18;6-5-3-1-2-4-5;1-2-4-5-3-1;;/h1-15H;1-3H;1-5H;;/q;-1;;+1;. The molecule has 2 saturated carbocycles. The van der Waals surface area contributed by atoms with Crippen LogP contribution in [0.25, 0.3) is 0 Å². The molecule has 32 heavy (non-hydrogen) atoms. The first-order valence-corrected chi connectivity index (χ1v) is 11.5. The van der Waals surface area contributed by atoms with Crippen molar-refractivity contribution in [3.63, 3.8) is 0 Å². The van der Waals surface area contributed by atoms with Gasteiger partial charge in [-0.2, -0.15) is 11.6 Å². The van der Waals surface area contributed by atoms with Crippen LogP contribution in [-0.2, 0) is 39.4 Å². The Bertz CT molecular complexity index is 705. The summed E-state index contributed by atoms with van der Waals surface area (Å²) < 4.78 is 0. The van der Waals surface area contributed by atoms with Crippen molar-refractivity contribution in [2.75, 3.05) is 0 Å². The molecule has 0 amide bonds. The van der Waals surface area contributed by atoms with Crippen LogP contribution in [0.1, 0.15) is 0 Å².